The maximum absolute atomic E-state index is 13.0. The topological polar surface area (TPSA) is 95.1 Å². The summed E-state index contributed by atoms with van der Waals surface area (Å²) < 4.78 is 22.6. The highest BCUT2D eigenvalue weighted by Gasteiger charge is 2.34. The number of ether oxygens (including phenoxy) is 4. The van der Waals surface area contributed by atoms with Gasteiger partial charge in [0.15, 0.2) is 11.5 Å². The highest BCUT2D eigenvalue weighted by molar-refractivity contribution is 6.05. The van der Waals surface area contributed by atoms with Crippen LogP contribution in [0.4, 0.5) is 11.4 Å². The summed E-state index contributed by atoms with van der Waals surface area (Å²) in [7, 11) is 2.95. The van der Waals surface area contributed by atoms with Crippen LogP contribution in [0.5, 0.6) is 23.0 Å². The Balaban J connectivity index is 1.55. The van der Waals surface area contributed by atoms with Crippen LogP contribution in [0, 0.1) is 0 Å². The molecule has 1 aliphatic rings. The summed E-state index contributed by atoms with van der Waals surface area (Å²) in [6, 6.07) is 19.2. The summed E-state index contributed by atoms with van der Waals surface area (Å²) >= 11 is 0. The lowest BCUT2D eigenvalue weighted by molar-refractivity contribution is -0.128. The van der Waals surface area contributed by atoms with Gasteiger partial charge in [-0.05, 0) is 31.2 Å². The SMILES string of the molecule is COc1cc(NC(=O)C2Oc3ccccc3OC2C)c(OC)cc1NC(=O)c1ccccc1. The van der Waals surface area contributed by atoms with Gasteiger partial charge >= 0.3 is 0 Å². The first-order chi connectivity index (χ1) is 16.0. The number of anilines is 2. The second kappa shape index (κ2) is 9.52. The lowest BCUT2D eigenvalue weighted by Crippen LogP contribution is -2.46. The maximum atomic E-state index is 13.0. The van der Waals surface area contributed by atoms with Gasteiger partial charge in [-0.1, -0.05) is 30.3 Å². The summed E-state index contributed by atoms with van der Waals surface area (Å²) in [5.41, 5.74) is 1.27. The molecule has 3 aromatic rings. The van der Waals surface area contributed by atoms with Crippen LogP contribution < -0.4 is 29.6 Å². The van der Waals surface area contributed by atoms with Gasteiger partial charge in [0.25, 0.3) is 11.8 Å². The van der Waals surface area contributed by atoms with Crippen LogP contribution in [-0.2, 0) is 4.79 Å². The predicted molar refractivity (Wildman–Crippen MR) is 124 cm³/mol. The van der Waals surface area contributed by atoms with Crippen molar-refractivity contribution in [1.82, 2.24) is 0 Å². The Labute approximate surface area is 191 Å². The summed E-state index contributed by atoms with van der Waals surface area (Å²) in [6.07, 6.45) is -1.37. The molecule has 0 saturated heterocycles. The molecule has 0 aliphatic carbocycles. The van der Waals surface area contributed by atoms with E-state index in [1.165, 1.54) is 14.2 Å². The molecule has 2 amide bonds. The molecule has 0 saturated carbocycles. The molecule has 2 atom stereocenters. The third-order valence-corrected chi connectivity index (χ3v) is 5.16. The predicted octanol–water partition coefficient (Wildman–Crippen LogP) is 4.12. The fraction of sp³-hybridized carbons (Fsp3) is 0.200. The Morgan fingerprint density at radius 3 is 1.94 bits per heavy atom. The second-order valence-electron chi connectivity index (χ2n) is 7.37. The smallest absolute Gasteiger partial charge is 0.269 e. The first kappa shape index (κ1) is 22.0. The minimum atomic E-state index is -0.868. The van der Waals surface area contributed by atoms with E-state index in [9.17, 15) is 9.59 Å². The third kappa shape index (κ3) is 4.69. The van der Waals surface area contributed by atoms with Gasteiger partial charge in [-0.15, -0.1) is 0 Å². The van der Waals surface area contributed by atoms with Crippen molar-refractivity contribution in [2.45, 2.75) is 19.1 Å². The fourth-order valence-electron chi connectivity index (χ4n) is 3.49. The van der Waals surface area contributed by atoms with E-state index in [4.69, 9.17) is 18.9 Å². The molecule has 0 radical (unpaired) electrons. The van der Waals surface area contributed by atoms with Crippen molar-refractivity contribution in [1.29, 1.82) is 0 Å². The van der Waals surface area contributed by atoms with Crippen molar-refractivity contribution in [3.05, 3.63) is 72.3 Å². The molecule has 0 bridgehead atoms. The highest BCUT2D eigenvalue weighted by Crippen LogP contribution is 2.38. The summed E-state index contributed by atoms with van der Waals surface area (Å²) in [5.74, 6) is 1.09. The van der Waals surface area contributed by atoms with Gasteiger partial charge in [-0.3, -0.25) is 9.59 Å². The Bertz CT molecular complexity index is 1160. The monoisotopic (exact) mass is 448 g/mol. The van der Waals surface area contributed by atoms with Gasteiger partial charge in [0.05, 0.1) is 25.6 Å². The minimum Gasteiger partial charge on any atom is -0.494 e. The molecule has 0 spiro atoms. The molecular formula is C25H24N2O6. The van der Waals surface area contributed by atoms with Crippen molar-refractivity contribution < 1.29 is 28.5 Å². The van der Waals surface area contributed by atoms with Crippen LogP contribution >= 0.6 is 0 Å². The van der Waals surface area contributed by atoms with E-state index in [1.807, 2.05) is 18.2 Å². The van der Waals surface area contributed by atoms with E-state index >= 15 is 0 Å². The maximum Gasteiger partial charge on any atom is 0.269 e. The molecule has 2 unspecified atom stereocenters. The molecule has 8 heteroatoms. The standard InChI is InChI=1S/C25H24N2O6/c1-15-23(33-20-12-8-7-11-19(20)32-15)25(29)27-18-14-21(30-2)17(13-22(18)31-3)26-24(28)16-9-5-4-6-10-16/h4-15,23H,1-3H3,(H,26,28)(H,27,29). The van der Waals surface area contributed by atoms with E-state index < -0.39 is 18.1 Å². The Kier molecular flexibility index (Phi) is 6.35. The minimum absolute atomic E-state index is 0.298. The molecule has 3 aromatic carbocycles. The van der Waals surface area contributed by atoms with E-state index in [0.29, 0.717) is 39.9 Å². The zero-order valence-corrected chi connectivity index (χ0v) is 18.5. The van der Waals surface area contributed by atoms with Crippen LogP contribution in [0.15, 0.2) is 66.7 Å². The highest BCUT2D eigenvalue weighted by atomic mass is 16.6. The average Bonchev–Trinajstić information content (AvgIpc) is 2.84. The van der Waals surface area contributed by atoms with Crippen LogP contribution in [0.3, 0.4) is 0 Å². The quantitative estimate of drug-likeness (QED) is 0.589. The largest absolute Gasteiger partial charge is 0.494 e. The number of rotatable bonds is 6. The first-order valence-corrected chi connectivity index (χ1v) is 10.4. The van der Waals surface area contributed by atoms with Gasteiger partial charge in [0, 0.05) is 17.7 Å². The Hall–Kier alpha value is -4.20. The zero-order chi connectivity index (χ0) is 23.4. The molecule has 2 N–H and O–H groups in total. The lowest BCUT2D eigenvalue weighted by atomic mass is 10.1. The van der Waals surface area contributed by atoms with Gasteiger partial charge in [0.2, 0.25) is 6.10 Å². The van der Waals surface area contributed by atoms with E-state index in [0.717, 1.165) is 0 Å². The number of methoxy groups -OCH3 is 2. The summed E-state index contributed by atoms with van der Waals surface area (Å²) in [4.78, 5) is 25.6. The molecule has 8 nitrogen and oxygen atoms in total. The number of hydrogen-bond donors (Lipinski definition) is 2. The first-order valence-electron chi connectivity index (χ1n) is 10.4. The number of nitrogens with one attached hydrogen (secondary N) is 2. The van der Waals surface area contributed by atoms with Gasteiger partial charge in [-0.2, -0.15) is 0 Å². The number of hydrogen-bond acceptors (Lipinski definition) is 6. The molecule has 33 heavy (non-hydrogen) atoms. The molecule has 0 fully saturated rings. The Morgan fingerprint density at radius 1 is 0.788 bits per heavy atom. The molecule has 4 rings (SSSR count). The van der Waals surface area contributed by atoms with E-state index in [1.54, 1.807) is 55.5 Å². The van der Waals surface area contributed by atoms with Crippen molar-refractivity contribution in [2.75, 3.05) is 24.9 Å². The average molecular weight is 448 g/mol. The van der Waals surface area contributed by atoms with Crippen molar-refractivity contribution >= 4 is 23.2 Å². The number of carbonyl (C=O) groups is 2. The van der Waals surface area contributed by atoms with Gasteiger partial charge in [-0.25, -0.2) is 0 Å². The normalized spacial score (nSPS) is 16.5. The van der Waals surface area contributed by atoms with Crippen molar-refractivity contribution in [3.63, 3.8) is 0 Å². The Morgan fingerprint density at radius 2 is 1.33 bits per heavy atom. The van der Waals surface area contributed by atoms with Crippen LogP contribution in [-0.4, -0.2) is 38.2 Å². The molecule has 1 aliphatic heterocycles. The van der Waals surface area contributed by atoms with Gasteiger partial charge < -0.3 is 29.6 Å². The summed E-state index contributed by atoms with van der Waals surface area (Å²) in [6.45, 7) is 1.76. The number of carbonyl (C=O) groups excluding carboxylic acids is 2. The number of amides is 2. The lowest BCUT2D eigenvalue weighted by Gasteiger charge is -2.31. The van der Waals surface area contributed by atoms with Crippen LogP contribution in [0.1, 0.15) is 17.3 Å². The number of benzene rings is 3. The van der Waals surface area contributed by atoms with Crippen LogP contribution in [0.25, 0.3) is 0 Å². The molecule has 1 heterocycles. The van der Waals surface area contributed by atoms with Crippen LogP contribution in [0.2, 0.25) is 0 Å². The zero-order valence-electron chi connectivity index (χ0n) is 18.5. The molecule has 0 aromatic heterocycles. The van der Waals surface area contributed by atoms with E-state index in [2.05, 4.69) is 10.6 Å². The molecular weight excluding hydrogens is 424 g/mol. The number of fused-ring (bicyclic) bond motifs is 1. The number of para-hydroxylation sites is 2. The fourth-order valence-corrected chi connectivity index (χ4v) is 3.49. The second-order valence-corrected chi connectivity index (χ2v) is 7.37. The van der Waals surface area contributed by atoms with Crippen molar-refractivity contribution in [2.24, 2.45) is 0 Å². The summed E-state index contributed by atoms with van der Waals surface area (Å²) in [5, 5.41) is 5.63. The molecule has 170 valence electrons. The van der Waals surface area contributed by atoms with Gasteiger partial charge in [0.1, 0.15) is 17.6 Å². The van der Waals surface area contributed by atoms with E-state index in [-0.39, 0.29) is 5.91 Å². The van der Waals surface area contributed by atoms with Crippen molar-refractivity contribution in [3.8, 4) is 23.0 Å². The third-order valence-electron chi connectivity index (χ3n) is 5.16.